The fourth-order valence-electron chi connectivity index (χ4n) is 5.37. The minimum absolute atomic E-state index is 0.0177. The number of phosphoric ester groups is 1. The van der Waals surface area contributed by atoms with Gasteiger partial charge < -0.3 is 28.8 Å². The summed E-state index contributed by atoms with van der Waals surface area (Å²) in [6, 6.07) is -0.921. The lowest BCUT2D eigenvalue weighted by molar-refractivity contribution is -0.870. The van der Waals surface area contributed by atoms with E-state index in [1.807, 2.05) is 27.2 Å². The van der Waals surface area contributed by atoms with Gasteiger partial charge in [-0.1, -0.05) is 162 Å². The first-order valence-electron chi connectivity index (χ1n) is 21.6. The first-order chi connectivity index (χ1) is 27.0. The highest BCUT2D eigenvalue weighted by Gasteiger charge is 2.23. The lowest BCUT2D eigenvalue weighted by Crippen LogP contribution is -2.45. The molecule has 0 aromatic carbocycles. The minimum atomic E-state index is -4.61. The molecule has 320 valence electrons. The van der Waals surface area contributed by atoms with Gasteiger partial charge in [-0.2, -0.15) is 0 Å². The Balaban J connectivity index is 4.53. The number of rotatable bonds is 37. The lowest BCUT2D eigenvalue weighted by atomic mass is 10.1. The van der Waals surface area contributed by atoms with Crippen LogP contribution in [0.5, 0.6) is 0 Å². The molecule has 0 aromatic heterocycles. The van der Waals surface area contributed by atoms with E-state index in [4.69, 9.17) is 9.05 Å². The molecule has 0 aliphatic heterocycles. The summed E-state index contributed by atoms with van der Waals surface area (Å²) in [4.78, 5) is 25.2. The van der Waals surface area contributed by atoms with E-state index in [2.05, 4.69) is 104 Å². The predicted octanol–water partition coefficient (Wildman–Crippen LogP) is 11.3. The Labute approximate surface area is 343 Å². The van der Waals surface area contributed by atoms with Crippen LogP contribution < -0.4 is 10.2 Å². The van der Waals surface area contributed by atoms with Crippen molar-refractivity contribution < 1.29 is 32.9 Å². The highest BCUT2D eigenvalue weighted by molar-refractivity contribution is 7.45. The van der Waals surface area contributed by atoms with Gasteiger partial charge in [0.2, 0.25) is 5.91 Å². The average molecular weight is 801 g/mol. The van der Waals surface area contributed by atoms with E-state index in [1.165, 1.54) is 44.9 Å². The third-order valence-electron chi connectivity index (χ3n) is 8.80. The normalized spacial score (nSPS) is 15.3. The number of aliphatic hydroxyl groups is 1. The first kappa shape index (κ1) is 53.4. The van der Waals surface area contributed by atoms with Gasteiger partial charge in [0.1, 0.15) is 13.2 Å². The number of aliphatic hydroxyl groups excluding tert-OH is 1. The van der Waals surface area contributed by atoms with Crippen molar-refractivity contribution in [2.75, 3.05) is 40.9 Å². The van der Waals surface area contributed by atoms with E-state index in [0.717, 1.165) is 70.6 Å². The summed E-state index contributed by atoms with van der Waals surface area (Å²) in [5.41, 5.74) is 0. The fraction of sp³-hybridized carbons (Fsp3) is 0.638. The number of quaternary nitrogens is 1. The third-order valence-corrected chi connectivity index (χ3v) is 9.76. The summed E-state index contributed by atoms with van der Waals surface area (Å²) in [5.74, 6) is -0.262. The Morgan fingerprint density at radius 2 is 1.09 bits per heavy atom. The summed E-state index contributed by atoms with van der Waals surface area (Å²) in [6.07, 6.45) is 53.2. The zero-order valence-corrected chi connectivity index (χ0v) is 36.9. The number of hydrogen-bond acceptors (Lipinski definition) is 6. The molecule has 0 aliphatic rings. The molecule has 0 heterocycles. The summed E-state index contributed by atoms with van der Waals surface area (Å²) in [5, 5.41) is 13.7. The third kappa shape index (κ3) is 39.6. The average Bonchev–Trinajstić information content (AvgIpc) is 3.15. The van der Waals surface area contributed by atoms with Gasteiger partial charge in [0.15, 0.2) is 0 Å². The van der Waals surface area contributed by atoms with Crippen LogP contribution in [-0.2, 0) is 18.4 Å². The molecule has 3 unspecified atom stereocenters. The van der Waals surface area contributed by atoms with Gasteiger partial charge >= 0.3 is 0 Å². The summed E-state index contributed by atoms with van der Waals surface area (Å²) in [6.45, 7) is 4.43. The van der Waals surface area contributed by atoms with Gasteiger partial charge in [0, 0.05) is 6.42 Å². The van der Waals surface area contributed by atoms with Crippen LogP contribution in [0.25, 0.3) is 0 Å². The van der Waals surface area contributed by atoms with Crippen LogP contribution in [0.4, 0.5) is 0 Å². The SMILES string of the molecule is CC/C=C\C/C=C\C/C=C\C/C=C\C/C=C\C/C=C\C/C=C\CCCC(=O)NC(COP(=O)([O-])OCC[N+](C)(C)C)C(O)/C=C/CCCCCCCCCCC. The van der Waals surface area contributed by atoms with E-state index >= 15 is 0 Å². The molecule has 0 rings (SSSR count). The lowest BCUT2D eigenvalue weighted by Gasteiger charge is -2.29. The molecule has 9 heteroatoms. The number of nitrogens with one attached hydrogen (secondary N) is 1. The maximum Gasteiger partial charge on any atom is 0.268 e. The molecule has 8 nitrogen and oxygen atoms in total. The van der Waals surface area contributed by atoms with Crippen LogP contribution in [0.3, 0.4) is 0 Å². The van der Waals surface area contributed by atoms with E-state index in [9.17, 15) is 19.4 Å². The molecule has 0 saturated heterocycles. The van der Waals surface area contributed by atoms with Gasteiger partial charge in [0.05, 0.1) is 39.9 Å². The maximum atomic E-state index is 12.8. The molecule has 0 aliphatic carbocycles. The monoisotopic (exact) mass is 801 g/mol. The van der Waals surface area contributed by atoms with Crippen molar-refractivity contribution >= 4 is 13.7 Å². The van der Waals surface area contributed by atoms with Crippen LogP contribution in [0.15, 0.2) is 97.2 Å². The molecular weight excluding hydrogens is 719 g/mol. The second-order valence-corrected chi connectivity index (χ2v) is 16.7. The van der Waals surface area contributed by atoms with Crippen molar-refractivity contribution in [3.8, 4) is 0 Å². The molecule has 0 bridgehead atoms. The number of unbranched alkanes of at least 4 members (excludes halogenated alkanes) is 10. The number of allylic oxidation sites excluding steroid dienone is 15. The Kier molecular flexibility index (Phi) is 36.2. The second-order valence-electron chi connectivity index (χ2n) is 15.3. The number of hydrogen-bond donors (Lipinski definition) is 2. The first-order valence-corrected chi connectivity index (χ1v) is 23.1. The van der Waals surface area contributed by atoms with Crippen LogP contribution in [0.1, 0.15) is 142 Å². The van der Waals surface area contributed by atoms with Crippen molar-refractivity contribution in [2.45, 2.75) is 154 Å². The molecular formula is C47H81N2O6P. The van der Waals surface area contributed by atoms with Gasteiger partial charge in [-0.15, -0.1) is 0 Å². The standard InChI is InChI=1S/C47H81N2O6P/c1-6-8-10-12-14-16-18-19-20-21-22-23-24-25-26-27-28-29-31-33-35-37-39-41-47(51)48-45(44-55-56(52,53)54-43-42-49(3,4)5)46(50)40-38-36-34-32-30-17-15-13-11-9-7-2/h8,10,14,16,19-20,22-23,25-26,28-29,33,35,38,40,45-46,50H,6-7,9,11-13,15,17-18,21,24,27,30-32,34,36-37,39,41-44H2,1-5H3,(H-,48,51,52,53)/b10-8-,16-14-,20-19-,23-22-,26-25-,29-28-,35-33-,40-38+. The van der Waals surface area contributed by atoms with Gasteiger partial charge in [-0.25, -0.2) is 0 Å². The summed E-state index contributed by atoms with van der Waals surface area (Å²) in [7, 11) is 1.20. The largest absolute Gasteiger partial charge is 0.756 e. The number of phosphoric acid groups is 1. The van der Waals surface area contributed by atoms with Crippen molar-refractivity contribution in [2.24, 2.45) is 0 Å². The van der Waals surface area contributed by atoms with Gasteiger partial charge in [-0.3, -0.25) is 9.36 Å². The Bertz CT molecular complexity index is 1230. The number of amides is 1. The number of carbonyl (C=O) groups excluding carboxylic acids is 1. The van der Waals surface area contributed by atoms with Crippen molar-refractivity contribution in [3.05, 3.63) is 97.2 Å². The molecule has 2 N–H and O–H groups in total. The highest BCUT2D eigenvalue weighted by atomic mass is 31.2. The minimum Gasteiger partial charge on any atom is -0.756 e. The zero-order valence-electron chi connectivity index (χ0n) is 36.0. The Morgan fingerprint density at radius 3 is 1.57 bits per heavy atom. The second kappa shape index (κ2) is 38.0. The Hall–Kier alpha value is -2.58. The molecule has 56 heavy (non-hydrogen) atoms. The van der Waals surface area contributed by atoms with Crippen molar-refractivity contribution in [3.63, 3.8) is 0 Å². The summed E-state index contributed by atoms with van der Waals surface area (Å²) >= 11 is 0. The van der Waals surface area contributed by atoms with Crippen LogP contribution in [-0.4, -0.2) is 68.5 Å². The van der Waals surface area contributed by atoms with E-state index in [0.29, 0.717) is 17.4 Å². The topological polar surface area (TPSA) is 108 Å². The number of nitrogens with zero attached hydrogens (tertiary/aromatic N) is 1. The Morgan fingerprint density at radius 1 is 0.643 bits per heavy atom. The van der Waals surface area contributed by atoms with Crippen LogP contribution in [0.2, 0.25) is 0 Å². The molecule has 0 fully saturated rings. The molecule has 0 spiro atoms. The summed E-state index contributed by atoms with van der Waals surface area (Å²) < 4.78 is 23.1. The smallest absolute Gasteiger partial charge is 0.268 e. The molecule has 0 radical (unpaired) electrons. The fourth-order valence-corrected chi connectivity index (χ4v) is 6.10. The quantitative estimate of drug-likeness (QED) is 0.0280. The maximum absolute atomic E-state index is 12.8. The van der Waals surface area contributed by atoms with E-state index < -0.39 is 26.6 Å². The predicted molar refractivity (Wildman–Crippen MR) is 237 cm³/mol. The number of carbonyl (C=O) groups is 1. The van der Waals surface area contributed by atoms with Gasteiger partial charge in [0.25, 0.3) is 7.82 Å². The van der Waals surface area contributed by atoms with Crippen molar-refractivity contribution in [1.82, 2.24) is 5.32 Å². The molecule has 3 atom stereocenters. The van der Waals surface area contributed by atoms with Crippen LogP contribution in [0, 0.1) is 0 Å². The molecule has 1 amide bonds. The molecule has 0 saturated carbocycles. The van der Waals surface area contributed by atoms with E-state index in [-0.39, 0.29) is 18.9 Å². The number of likely N-dealkylation sites (N-methyl/N-ethyl adjacent to an activating group) is 1. The zero-order chi connectivity index (χ0) is 41.4. The van der Waals surface area contributed by atoms with Crippen LogP contribution >= 0.6 is 7.82 Å². The molecule has 0 aromatic rings. The van der Waals surface area contributed by atoms with Crippen molar-refractivity contribution in [1.29, 1.82) is 0 Å². The van der Waals surface area contributed by atoms with E-state index in [1.54, 1.807) is 6.08 Å². The van der Waals surface area contributed by atoms with Gasteiger partial charge in [-0.05, 0) is 70.6 Å². The highest BCUT2D eigenvalue weighted by Crippen LogP contribution is 2.38.